The highest BCUT2D eigenvalue weighted by molar-refractivity contribution is 6.31. The van der Waals surface area contributed by atoms with Crippen LogP contribution in [0.5, 0.6) is 0 Å². The fourth-order valence-corrected chi connectivity index (χ4v) is 5.38. The molecule has 2 saturated heterocycles. The molecule has 10 heteroatoms. The Balaban J connectivity index is 0.000000218. The van der Waals surface area contributed by atoms with Gasteiger partial charge in [-0.2, -0.15) is 5.12 Å². The first kappa shape index (κ1) is 31.3. The first-order chi connectivity index (χ1) is 19.9. The van der Waals surface area contributed by atoms with E-state index in [2.05, 4.69) is 123 Å². The van der Waals surface area contributed by atoms with Crippen molar-refractivity contribution in [1.82, 2.24) is 46.2 Å². The van der Waals surface area contributed by atoms with Gasteiger partial charge in [0.25, 0.3) is 0 Å². The maximum absolute atomic E-state index is 6.41. The summed E-state index contributed by atoms with van der Waals surface area (Å²) in [6, 6.07) is 21.7. The lowest BCUT2D eigenvalue weighted by Gasteiger charge is -2.45. The Morgan fingerprint density at radius 2 is 1.32 bits per heavy atom. The average molecular weight is 582 g/mol. The zero-order chi connectivity index (χ0) is 29.0. The van der Waals surface area contributed by atoms with Gasteiger partial charge in [0, 0.05) is 84.7 Å². The fraction of sp³-hybridized carbons (Fsp3) is 0.484. The molecular formula is C31H48ClN9. The first-order valence-electron chi connectivity index (χ1n) is 14.8. The van der Waals surface area contributed by atoms with Crippen molar-refractivity contribution >= 4 is 11.6 Å². The van der Waals surface area contributed by atoms with Crippen LogP contribution in [0.2, 0.25) is 0 Å². The molecule has 0 bridgehead atoms. The van der Waals surface area contributed by atoms with Crippen LogP contribution in [0.3, 0.4) is 0 Å². The van der Waals surface area contributed by atoms with Gasteiger partial charge in [0.15, 0.2) is 5.82 Å². The predicted molar refractivity (Wildman–Crippen MR) is 169 cm³/mol. The zero-order valence-corrected chi connectivity index (χ0v) is 25.9. The lowest BCUT2D eigenvalue weighted by molar-refractivity contribution is -0.183. The topological polar surface area (TPSA) is 55.5 Å². The van der Waals surface area contributed by atoms with Crippen LogP contribution < -0.4 is 16.2 Å². The Labute approximate surface area is 251 Å². The first-order valence-corrected chi connectivity index (χ1v) is 15.1. The van der Waals surface area contributed by atoms with Crippen LogP contribution in [0.25, 0.3) is 0 Å². The zero-order valence-electron chi connectivity index (χ0n) is 25.1. The van der Waals surface area contributed by atoms with E-state index in [0.717, 1.165) is 71.3 Å². The number of nitrogens with zero attached hydrogens (tertiary/aromatic N) is 6. The number of piperazine rings is 2. The Bertz CT molecular complexity index is 1080. The van der Waals surface area contributed by atoms with Gasteiger partial charge in [-0.3, -0.25) is 20.7 Å². The molecule has 9 nitrogen and oxygen atoms in total. The number of allylic oxidation sites excluding steroid dienone is 2. The summed E-state index contributed by atoms with van der Waals surface area (Å²) in [6.45, 7) is 14.8. The van der Waals surface area contributed by atoms with Crippen LogP contribution in [0.4, 0.5) is 0 Å². The molecule has 41 heavy (non-hydrogen) atoms. The van der Waals surface area contributed by atoms with E-state index >= 15 is 0 Å². The third kappa shape index (κ3) is 9.72. The van der Waals surface area contributed by atoms with E-state index in [1.807, 2.05) is 24.4 Å². The van der Waals surface area contributed by atoms with Crippen molar-refractivity contribution in [1.29, 1.82) is 0 Å². The van der Waals surface area contributed by atoms with Crippen molar-refractivity contribution in [2.45, 2.75) is 33.0 Å². The Morgan fingerprint density at radius 1 is 0.805 bits per heavy atom. The van der Waals surface area contributed by atoms with Crippen molar-refractivity contribution in [2.75, 3.05) is 66.5 Å². The van der Waals surface area contributed by atoms with Crippen molar-refractivity contribution in [3.63, 3.8) is 0 Å². The number of hydrogen-bond donors (Lipinski definition) is 3. The normalized spacial score (nSPS) is 19.3. The fourth-order valence-electron chi connectivity index (χ4n) is 5.18. The van der Waals surface area contributed by atoms with Crippen LogP contribution in [0, 0.1) is 0 Å². The van der Waals surface area contributed by atoms with Gasteiger partial charge in [0.05, 0.1) is 5.03 Å². The largest absolute Gasteiger partial charge is 0.366 e. The summed E-state index contributed by atoms with van der Waals surface area (Å²) < 4.78 is 0. The monoisotopic (exact) mass is 581 g/mol. The summed E-state index contributed by atoms with van der Waals surface area (Å²) in [5.41, 5.74) is 9.25. The number of hydrazine groups is 4. The van der Waals surface area contributed by atoms with Crippen LogP contribution in [-0.4, -0.2) is 103 Å². The van der Waals surface area contributed by atoms with Crippen molar-refractivity contribution in [3.05, 3.63) is 94.9 Å². The number of nitrogens with one attached hydrogen (secondary N) is 3. The van der Waals surface area contributed by atoms with Crippen LogP contribution in [-0.2, 0) is 13.1 Å². The van der Waals surface area contributed by atoms with E-state index in [1.54, 1.807) is 0 Å². The molecule has 3 heterocycles. The summed E-state index contributed by atoms with van der Waals surface area (Å²) >= 11 is 6.41. The molecule has 0 unspecified atom stereocenters. The Kier molecular flexibility index (Phi) is 12.3. The Morgan fingerprint density at radius 3 is 1.80 bits per heavy atom. The van der Waals surface area contributed by atoms with Crippen LogP contribution >= 0.6 is 11.6 Å². The number of rotatable bonds is 9. The van der Waals surface area contributed by atoms with Crippen LogP contribution in [0.1, 0.15) is 25.0 Å². The van der Waals surface area contributed by atoms with E-state index in [1.165, 1.54) is 11.1 Å². The summed E-state index contributed by atoms with van der Waals surface area (Å²) in [4.78, 5) is 5.00. The van der Waals surface area contributed by atoms with Crippen molar-refractivity contribution in [2.24, 2.45) is 0 Å². The third-order valence-corrected chi connectivity index (χ3v) is 7.83. The molecule has 3 aliphatic heterocycles. The predicted octanol–water partition coefficient (Wildman–Crippen LogP) is 3.24. The molecule has 0 radical (unpaired) electrons. The number of hydrogen-bond acceptors (Lipinski definition) is 9. The highest BCUT2D eigenvalue weighted by Crippen LogP contribution is 2.19. The highest BCUT2D eigenvalue weighted by Gasteiger charge is 2.27. The minimum atomic E-state index is 0.297. The van der Waals surface area contributed by atoms with Crippen molar-refractivity contribution in [3.8, 4) is 0 Å². The quantitative estimate of drug-likeness (QED) is 0.414. The van der Waals surface area contributed by atoms with Gasteiger partial charge in [-0.25, -0.2) is 10.0 Å². The lowest BCUT2D eigenvalue weighted by atomic mass is 10.2. The summed E-state index contributed by atoms with van der Waals surface area (Å²) in [5.74, 6) is 0.874. The molecular weight excluding hydrogens is 534 g/mol. The summed E-state index contributed by atoms with van der Waals surface area (Å²) in [5, 5.41) is 12.8. The molecule has 0 aromatic heterocycles. The second-order valence-electron chi connectivity index (χ2n) is 10.9. The van der Waals surface area contributed by atoms with Crippen molar-refractivity contribution < 1.29 is 0 Å². The smallest absolute Gasteiger partial charge is 0.159 e. The van der Waals surface area contributed by atoms with Crippen LogP contribution in [0.15, 0.2) is 83.8 Å². The van der Waals surface area contributed by atoms with Gasteiger partial charge >= 0.3 is 0 Å². The standard InChI is InChI=1S/C19H29ClN6.C12H19N3/c1-16(2)22-19-18(20)9-10-21-26(19)23(3)25-13-11-24(12-14-25)15-17-7-5-4-6-8-17;1-13-15-9-7-14(8-10-15)11-12-5-3-2-4-6-12/h4-10,16,21-22H,11-15H2,1-3H3;2-6,13H,7-11H2,1H3. The van der Waals surface area contributed by atoms with Gasteiger partial charge in [0.2, 0.25) is 0 Å². The van der Waals surface area contributed by atoms with E-state index < -0.39 is 0 Å². The molecule has 5 rings (SSSR count). The van der Waals surface area contributed by atoms with Gasteiger partial charge in [0.1, 0.15) is 0 Å². The number of halogens is 1. The molecule has 3 aliphatic rings. The molecule has 0 atom stereocenters. The van der Waals surface area contributed by atoms with E-state index in [-0.39, 0.29) is 0 Å². The second kappa shape index (κ2) is 16.1. The molecule has 0 amide bonds. The molecule has 3 N–H and O–H groups in total. The van der Waals surface area contributed by atoms with Gasteiger partial charge < -0.3 is 5.32 Å². The maximum Gasteiger partial charge on any atom is 0.159 e. The molecule has 0 aliphatic carbocycles. The molecule has 0 spiro atoms. The minimum Gasteiger partial charge on any atom is -0.366 e. The molecule has 224 valence electrons. The second-order valence-corrected chi connectivity index (χ2v) is 11.4. The Hall–Kier alpha value is -2.63. The van der Waals surface area contributed by atoms with Gasteiger partial charge in [-0.05, 0) is 38.1 Å². The minimum absolute atomic E-state index is 0.297. The SMILES string of the molecule is CC(C)NC1=C(Cl)C=CNN1N(C)N1CCN(Cc2ccccc2)CC1.CNN1CCN(Cc2ccccc2)CC1. The van der Waals surface area contributed by atoms with E-state index in [0.29, 0.717) is 11.1 Å². The summed E-state index contributed by atoms with van der Waals surface area (Å²) in [6.07, 6.45) is 3.73. The maximum atomic E-state index is 6.41. The van der Waals surface area contributed by atoms with E-state index in [4.69, 9.17) is 11.6 Å². The average Bonchev–Trinajstić information content (AvgIpc) is 3.00. The van der Waals surface area contributed by atoms with Gasteiger partial charge in [-0.15, -0.1) is 5.12 Å². The number of benzene rings is 2. The molecule has 2 aromatic rings. The highest BCUT2D eigenvalue weighted by atomic mass is 35.5. The lowest BCUT2D eigenvalue weighted by Crippen LogP contribution is -2.61. The molecule has 0 saturated carbocycles. The molecule has 2 aromatic carbocycles. The van der Waals surface area contributed by atoms with Gasteiger partial charge in [-0.1, -0.05) is 72.3 Å². The van der Waals surface area contributed by atoms with E-state index in [9.17, 15) is 0 Å². The molecule has 2 fully saturated rings. The summed E-state index contributed by atoms with van der Waals surface area (Å²) in [7, 11) is 4.05. The third-order valence-electron chi connectivity index (χ3n) is 7.52.